The van der Waals surface area contributed by atoms with Crippen molar-refractivity contribution < 1.29 is 14.0 Å². The lowest BCUT2D eigenvalue weighted by atomic mass is 10.0. The summed E-state index contributed by atoms with van der Waals surface area (Å²) in [5, 5.41) is 2.63. The van der Waals surface area contributed by atoms with E-state index >= 15 is 0 Å². The topological polar surface area (TPSA) is 49.4 Å². The fraction of sp³-hybridized carbons (Fsp3) is 0.429. The fourth-order valence-electron chi connectivity index (χ4n) is 2.19. The van der Waals surface area contributed by atoms with Gasteiger partial charge < -0.3 is 10.2 Å². The van der Waals surface area contributed by atoms with Gasteiger partial charge in [-0.25, -0.2) is 4.39 Å². The zero-order valence-electron chi connectivity index (χ0n) is 11.3. The largest absolute Gasteiger partial charge is 0.344 e. The van der Waals surface area contributed by atoms with E-state index in [2.05, 4.69) is 5.32 Å². The summed E-state index contributed by atoms with van der Waals surface area (Å²) >= 11 is 5.75. The number of rotatable bonds is 2. The summed E-state index contributed by atoms with van der Waals surface area (Å²) in [6.45, 7) is 3.81. The van der Waals surface area contributed by atoms with Gasteiger partial charge in [0, 0.05) is 13.0 Å². The van der Waals surface area contributed by atoms with Crippen molar-refractivity contribution in [2.75, 3.05) is 11.4 Å². The quantitative estimate of drug-likeness (QED) is 0.911. The Balaban J connectivity index is 2.41. The summed E-state index contributed by atoms with van der Waals surface area (Å²) < 4.78 is 14.1. The molecule has 20 heavy (non-hydrogen) atoms. The summed E-state index contributed by atoms with van der Waals surface area (Å²) in [5.41, 5.74) is 0.115. The SMILES string of the molecule is CC(C)C1NC(=O)CCN(c2cccc(Cl)c2F)C1=O. The van der Waals surface area contributed by atoms with Crippen molar-refractivity contribution in [1.82, 2.24) is 5.32 Å². The Morgan fingerprint density at radius 3 is 2.75 bits per heavy atom. The molecule has 0 aliphatic carbocycles. The van der Waals surface area contributed by atoms with Crippen molar-refractivity contribution in [3.05, 3.63) is 29.0 Å². The molecule has 1 aliphatic heterocycles. The first-order valence-electron chi connectivity index (χ1n) is 6.46. The lowest BCUT2D eigenvalue weighted by Crippen LogP contribution is -2.48. The third kappa shape index (κ3) is 2.77. The number of benzene rings is 1. The van der Waals surface area contributed by atoms with Gasteiger partial charge >= 0.3 is 0 Å². The Hall–Kier alpha value is -1.62. The fourth-order valence-corrected chi connectivity index (χ4v) is 2.36. The number of nitrogens with zero attached hydrogens (tertiary/aromatic N) is 1. The van der Waals surface area contributed by atoms with Gasteiger partial charge in [0.1, 0.15) is 6.04 Å². The van der Waals surface area contributed by atoms with Gasteiger partial charge in [0.2, 0.25) is 11.8 Å². The van der Waals surface area contributed by atoms with Gasteiger partial charge in [-0.15, -0.1) is 0 Å². The highest BCUT2D eigenvalue weighted by molar-refractivity contribution is 6.31. The van der Waals surface area contributed by atoms with E-state index in [1.807, 2.05) is 13.8 Å². The second kappa shape index (κ2) is 5.79. The first-order valence-corrected chi connectivity index (χ1v) is 6.84. The van der Waals surface area contributed by atoms with E-state index in [-0.39, 0.29) is 41.4 Å². The molecule has 1 atom stereocenters. The number of anilines is 1. The molecule has 1 fully saturated rings. The van der Waals surface area contributed by atoms with E-state index in [1.165, 1.54) is 17.0 Å². The minimum atomic E-state index is -0.650. The molecule has 108 valence electrons. The van der Waals surface area contributed by atoms with Crippen LogP contribution in [-0.2, 0) is 9.59 Å². The predicted octanol–water partition coefficient (Wildman–Crippen LogP) is 2.36. The maximum atomic E-state index is 14.1. The molecule has 0 saturated carbocycles. The first kappa shape index (κ1) is 14.8. The molecule has 6 heteroatoms. The zero-order valence-corrected chi connectivity index (χ0v) is 12.1. The molecule has 1 unspecified atom stereocenters. The Labute approximate surface area is 121 Å². The molecule has 1 heterocycles. The molecule has 1 saturated heterocycles. The van der Waals surface area contributed by atoms with Crippen molar-refractivity contribution in [3.63, 3.8) is 0 Å². The highest BCUT2D eigenvalue weighted by atomic mass is 35.5. The van der Waals surface area contributed by atoms with Crippen LogP contribution in [0.15, 0.2) is 18.2 Å². The van der Waals surface area contributed by atoms with Crippen molar-refractivity contribution in [1.29, 1.82) is 0 Å². The van der Waals surface area contributed by atoms with Crippen molar-refractivity contribution in [2.45, 2.75) is 26.3 Å². The van der Waals surface area contributed by atoms with Crippen molar-refractivity contribution >= 4 is 29.1 Å². The smallest absolute Gasteiger partial charge is 0.249 e. The summed E-state index contributed by atoms with van der Waals surface area (Å²) in [4.78, 5) is 25.5. The molecule has 0 bridgehead atoms. The van der Waals surface area contributed by atoms with E-state index in [9.17, 15) is 14.0 Å². The van der Waals surface area contributed by atoms with E-state index < -0.39 is 11.9 Å². The molecule has 4 nitrogen and oxygen atoms in total. The second-order valence-electron chi connectivity index (χ2n) is 5.10. The van der Waals surface area contributed by atoms with Gasteiger partial charge in [0.15, 0.2) is 5.82 Å². The van der Waals surface area contributed by atoms with Crippen LogP contribution in [0.4, 0.5) is 10.1 Å². The molecule has 2 amide bonds. The third-order valence-corrected chi connectivity index (χ3v) is 3.59. The van der Waals surface area contributed by atoms with Crippen molar-refractivity contribution in [3.8, 4) is 0 Å². The molecular weight excluding hydrogens is 283 g/mol. The van der Waals surface area contributed by atoms with Crippen LogP contribution in [-0.4, -0.2) is 24.4 Å². The standard InChI is InChI=1S/C14H16ClFN2O2/c1-8(2)13-14(20)18(7-6-11(19)17-13)10-5-3-4-9(15)12(10)16/h3-5,8,13H,6-7H2,1-2H3,(H,17,19). The van der Waals surface area contributed by atoms with E-state index in [4.69, 9.17) is 11.6 Å². The van der Waals surface area contributed by atoms with Gasteiger partial charge in [-0.05, 0) is 18.1 Å². The number of carbonyl (C=O) groups excluding carboxylic acids is 2. The predicted molar refractivity (Wildman–Crippen MR) is 75.1 cm³/mol. The highest BCUT2D eigenvalue weighted by Crippen LogP contribution is 2.27. The average Bonchev–Trinajstić information content (AvgIpc) is 2.53. The van der Waals surface area contributed by atoms with E-state index in [0.717, 1.165) is 0 Å². The normalized spacial score (nSPS) is 20.1. The molecule has 0 aromatic heterocycles. The van der Waals surface area contributed by atoms with Gasteiger partial charge in [-0.2, -0.15) is 0 Å². The molecule has 1 aromatic rings. The van der Waals surface area contributed by atoms with Crippen LogP contribution in [0, 0.1) is 11.7 Å². The second-order valence-corrected chi connectivity index (χ2v) is 5.51. The van der Waals surface area contributed by atoms with E-state index in [0.29, 0.717) is 0 Å². The zero-order chi connectivity index (χ0) is 14.9. The Kier molecular flexibility index (Phi) is 4.28. The van der Waals surface area contributed by atoms with Gasteiger partial charge in [-0.3, -0.25) is 9.59 Å². The van der Waals surface area contributed by atoms with Gasteiger partial charge in [0.05, 0.1) is 10.7 Å². The van der Waals surface area contributed by atoms with Crippen LogP contribution >= 0.6 is 11.6 Å². The number of hydrogen-bond acceptors (Lipinski definition) is 2. The summed E-state index contributed by atoms with van der Waals surface area (Å²) in [5.74, 6) is -1.23. The van der Waals surface area contributed by atoms with Crippen LogP contribution in [0.5, 0.6) is 0 Å². The van der Waals surface area contributed by atoms with Gasteiger partial charge in [-0.1, -0.05) is 31.5 Å². The number of nitrogens with one attached hydrogen (secondary N) is 1. The third-order valence-electron chi connectivity index (χ3n) is 3.30. The minimum absolute atomic E-state index is 0.0417. The average molecular weight is 299 g/mol. The summed E-state index contributed by atoms with van der Waals surface area (Å²) in [7, 11) is 0. The lowest BCUT2D eigenvalue weighted by Gasteiger charge is -2.26. The monoisotopic (exact) mass is 298 g/mol. The molecule has 0 spiro atoms. The summed E-state index contributed by atoms with van der Waals surface area (Å²) in [6, 6.07) is 3.85. The van der Waals surface area contributed by atoms with Crippen LogP contribution < -0.4 is 10.2 Å². The number of hydrogen-bond donors (Lipinski definition) is 1. The number of carbonyl (C=O) groups is 2. The molecule has 1 N–H and O–H groups in total. The molecule has 1 aromatic carbocycles. The first-order chi connectivity index (χ1) is 9.41. The lowest BCUT2D eigenvalue weighted by molar-refractivity contribution is -0.126. The van der Waals surface area contributed by atoms with E-state index in [1.54, 1.807) is 6.07 Å². The summed E-state index contributed by atoms with van der Waals surface area (Å²) in [6.07, 6.45) is 0.140. The molecule has 0 radical (unpaired) electrons. The maximum absolute atomic E-state index is 14.1. The molecular formula is C14H16ClFN2O2. The Morgan fingerprint density at radius 1 is 1.40 bits per heavy atom. The maximum Gasteiger partial charge on any atom is 0.249 e. The van der Waals surface area contributed by atoms with Crippen molar-refractivity contribution in [2.24, 2.45) is 5.92 Å². The Bertz CT molecular complexity index is 548. The van der Waals surface area contributed by atoms with Crippen LogP contribution in [0.1, 0.15) is 20.3 Å². The molecule has 2 rings (SSSR count). The van der Waals surface area contributed by atoms with Crippen LogP contribution in [0.2, 0.25) is 5.02 Å². The van der Waals surface area contributed by atoms with Crippen LogP contribution in [0.25, 0.3) is 0 Å². The van der Waals surface area contributed by atoms with Gasteiger partial charge in [0.25, 0.3) is 0 Å². The highest BCUT2D eigenvalue weighted by Gasteiger charge is 2.33. The Morgan fingerprint density at radius 2 is 2.10 bits per heavy atom. The molecule has 1 aliphatic rings. The number of amides is 2. The number of halogens is 2. The minimum Gasteiger partial charge on any atom is -0.344 e. The van der Waals surface area contributed by atoms with Crippen LogP contribution in [0.3, 0.4) is 0 Å².